The number of urea groups is 1. The van der Waals surface area contributed by atoms with Crippen molar-refractivity contribution in [2.24, 2.45) is 0 Å². The van der Waals surface area contributed by atoms with Crippen LogP contribution in [0, 0.1) is 0 Å². The molecular formula is C26H23N3O7. The Morgan fingerprint density at radius 2 is 1.39 bits per heavy atom. The molecule has 1 aliphatic heterocycles. The van der Waals surface area contributed by atoms with E-state index in [1.54, 1.807) is 0 Å². The average molecular weight is 489 g/mol. The van der Waals surface area contributed by atoms with Gasteiger partial charge in [-0.05, 0) is 27.8 Å². The highest BCUT2D eigenvalue weighted by molar-refractivity contribution is 6.04. The zero-order chi connectivity index (χ0) is 25.7. The van der Waals surface area contributed by atoms with Gasteiger partial charge < -0.3 is 14.9 Å². The van der Waals surface area contributed by atoms with E-state index < -0.39 is 30.2 Å². The minimum Gasteiger partial charge on any atom is -0.450 e. The molecule has 0 spiro atoms. The van der Waals surface area contributed by atoms with Gasteiger partial charge in [0.15, 0.2) is 0 Å². The molecule has 3 aromatic rings. The number of ether oxygens (including phenoxy) is 1. The summed E-state index contributed by atoms with van der Waals surface area (Å²) in [7, 11) is 0. The molecule has 1 unspecified atom stereocenters. The van der Waals surface area contributed by atoms with Gasteiger partial charge >= 0.3 is 18.3 Å². The van der Waals surface area contributed by atoms with E-state index in [2.05, 4.69) is 22.9 Å². The number of benzene rings is 3. The third-order valence-electron chi connectivity index (χ3n) is 5.89. The van der Waals surface area contributed by atoms with Crippen molar-refractivity contribution in [1.82, 2.24) is 15.8 Å². The molecule has 0 bridgehead atoms. The van der Waals surface area contributed by atoms with Crippen LogP contribution in [-0.2, 0) is 16.0 Å². The van der Waals surface area contributed by atoms with E-state index in [9.17, 15) is 14.4 Å². The summed E-state index contributed by atoms with van der Waals surface area (Å²) in [5.74, 6) is -0.555. The molecule has 3 aromatic carbocycles. The number of hydrazine groups is 1. The van der Waals surface area contributed by atoms with Crippen LogP contribution in [0.1, 0.15) is 22.6 Å². The van der Waals surface area contributed by atoms with Crippen LogP contribution in [0.4, 0.5) is 14.4 Å². The summed E-state index contributed by atoms with van der Waals surface area (Å²) in [5.41, 5.74) is 7.77. The van der Waals surface area contributed by atoms with Crippen LogP contribution in [0.15, 0.2) is 78.9 Å². The van der Waals surface area contributed by atoms with Gasteiger partial charge in [-0.3, -0.25) is 10.1 Å². The second-order valence-electron chi connectivity index (χ2n) is 8.09. The van der Waals surface area contributed by atoms with Crippen LogP contribution in [0.5, 0.6) is 0 Å². The molecule has 1 atom stereocenters. The van der Waals surface area contributed by atoms with Gasteiger partial charge in [-0.25, -0.2) is 24.8 Å². The Morgan fingerprint density at radius 1 is 0.861 bits per heavy atom. The van der Waals surface area contributed by atoms with E-state index in [4.69, 9.17) is 19.7 Å². The van der Waals surface area contributed by atoms with Gasteiger partial charge in [-0.15, -0.1) is 0 Å². The summed E-state index contributed by atoms with van der Waals surface area (Å²) < 4.78 is 5.50. The van der Waals surface area contributed by atoms with Crippen molar-refractivity contribution >= 4 is 24.2 Å². The highest BCUT2D eigenvalue weighted by Gasteiger charge is 2.40. The molecule has 184 valence electrons. The number of nitrogens with zero attached hydrogens (tertiary/aromatic N) is 1. The van der Waals surface area contributed by atoms with Crippen molar-refractivity contribution in [3.63, 3.8) is 0 Å². The Kier molecular flexibility index (Phi) is 7.15. The second-order valence-corrected chi connectivity index (χ2v) is 8.09. The summed E-state index contributed by atoms with van der Waals surface area (Å²) >= 11 is 0. The number of rotatable bonds is 5. The summed E-state index contributed by atoms with van der Waals surface area (Å²) in [5, 5.41) is 17.2. The number of nitrogens with one attached hydrogen (secondary N) is 2. The molecule has 1 fully saturated rings. The van der Waals surface area contributed by atoms with Gasteiger partial charge in [0.1, 0.15) is 12.6 Å². The molecule has 2 aliphatic rings. The first-order valence-electron chi connectivity index (χ1n) is 11.1. The monoisotopic (exact) mass is 489 g/mol. The Labute approximate surface area is 206 Å². The largest absolute Gasteiger partial charge is 0.503 e. The van der Waals surface area contributed by atoms with E-state index in [1.165, 1.54) is 0 Å². The Morgan fingerprint density at radius 3 is 1.97 bits per heavy atom. The number of hydrogen-bond donors (Lipinski definition) is 4. The first-order valence-corrected chi connectivity index (χ1v) is 11.1. The fraction of sp³-hybridized carbons (Fsp3) is 0.154. The van der Waals surface area contributed by atoms with Crippen molar-refractivity contribution in [3.8, 4) is 11.1 Å². The Hall–Kier alpha value is -4.86. The van der Waals surface area contributed by atoms with Gasteiger partial charge in [0, 0.05) is 12.3 Å². The zero-order valence-electron chi connectivity index (χ0n) is 19.0. The van der Waals surface area contributed by atoms with Crippen LogP contribution >= 0.6 is 0 Å². The van der Waals surface area contributed by atoms with Crippen LogP contribution in [0.2, 0.25) is 0 Å². The highest BCUT2D eigenvalue weighted by atomic mass is 16.6. The molecule has 10 heteroatoms. The molecule has 0 radical (unpaired) electrons. The Bertz CT molecular complexity index is 1250. The molecule has 0 saturated carbocycles. The van der Waals surface area contributed by atoms with Crippen LogP contribution in [0.25, 0.3) is 11.1 Å². The number of carbonyl (C=O) groups excluding carboxylic acids is 3. The molecule has 1 heterocycles. The minimum atomic E-state index is -1.83. The topological polar surface area (TPSA) is 145 Å². The molecule has 10 nitrogen and oxygen atoms in total. The quantitative estimate of drug-likeness (QED) is 0.399. The summed E-state index contributed by atoms with van der Waals surface area (Å²) in [4.78, 5) is 45.6. The van der Waals surface area contributed by atoms with Crippen LogP contribution < -0.4 is 10.7 Å². The normalized spacial score (nSPS) is 15.8. The van der Waals surface area contributed by atoms with Gasteiger partial charge in [-0.1, -0.05) is 78.9 Å². The maximum absolute atomic E-state index is 12.6. The number of imide groups is 1. The maximum Gasteiger partial charge on any atom is 0.503 e. The average Bonchev–Trinajstić information content (AvgIpc) is 3.32. The number of fused-ring (bicyclic) bond motifs is 3. The zero-order valence-corrected chi connectivity index (χ0v) is 19.0. The number of amides is 4. The first kappa shape index (κ1) is 24.3. The SMILES string of the molecule is O=C(NN1C(=O)NC(=O)C1Cc1ccccc1)OCC1c2ccccc2-c2ccccc21.O=C(O)O. The maximum atomic E-state index is 12.6. The minimum absolute atomic E-state index is 0.0951. The summed E-state index contributed by atoms with van der Waals surface area (Å²) in [6, 6.07) is 23.9. The van der Waals surface area contributed by atoms with Crippen LogP contribution in [0.3, 0.4) is 0 Å². The lowest BCUT2D eigenvalue weighted by Gasteiger charge is -2.22. The van der Waals surface area contributed by atoms with E-state index in [-0.39, 0.29) is 18.9 Å². The molecule has 1 saturated heterocycles. The van der Waals surface area contributed by atoms with Crippen LogP contribution in [-0.4, -0.2) is 52.1 Å². The molecule has 1 aliphatic carbocycles. The smallest absolute Gasteiger partial charge is 0.450 e. The van der Waals surface area contributed by atoms with Crippen molar-refractivity contribution in [2.45, 2.75) is 18.4 Å². The standard InChI is InChI=1S/C25H21N3O4.CH2O3/c29-23-22(14-16-8-2-1-3-9-16)28(24(30)26-23)27-25(31)32-15-21-19-12-6-4-10-17(19)18-11-5-7-13-20(18)21;2-1(3)4/h1-13,21-22H,14-15H2,(H,27,31)(H,26,29,30);(H2,2,3,4). The molecule has 0 aromatic heterocycles. The Balaban J connectivity index is 0.000000709. The van der Waals surface area contributed by atoms with E-state index in [0.717, 1.165) is 32.8 Å². The lowest BCUT2D eigenvalue weighted by atomic mass is 9.98. The van der Waals surface area contributed by atoms with Crippen molar-refractivity contribution < 1.29 is 34.1 Å². The molecule has 4 amide bonds. The molecular weight excluding hydrogens is 466 g/mol. The number of carbonyl (C=O) groups is 4. The van der Waals surface area contributed by atoms with Crippen molar-refractivity contribution in [2.75, 3.05) is 6.61 Å². The van der Waals surface area contributed by atoms with E-state index in [0.29, 0.717) is 0 Å². The lowest BCUT2D eigenvalue weighted by Crippen LogP contribution is -2.49. The third-order valence-corrected chi connectivity index (χ3v) is 5.89. The molecule has 4 N–H and O–H groups in total. The summed E-state index contributed by atoms with van der Waals surface area (Å²) in [6.45, 7) is 0.118. The third kappa shape index (κ3) is 5.27. The van der Waals surface area contributed by atoms with Gasteiger partial charge in [0.05, 0.1) is 0 Å². The van der Waals surface area contributed by atoms with Crippen molar-refractivity contribution in [1.29, 1.82) is 0 Å². The summed E-state index contributed by atoms with van der Waals surface area (Å²) in [6.07, 6.45) is -2.34. The molecule has 5 rings (SSSR count). The van der Waals surface area contributed by atoms with Gasteiger partial charge in [-0.2, -0.15) is 0 Å². The lowest BCUT2D eigenvalue weighted by molar-refractivity contribution is -0.121. The fourth-order valence-electron chi connectivity index (χ4n) is 4.39. The number of hydrogen-bond acceptors (Lipinski definition) is 5. The number of carboxylic acid groups (broad SMARTS) is 2. The van der Waals surface area contributed by atoms with Crippen molar-refractivity contribution in [3.05, 3.63) is 95.6 Å². The van der Waals surface area contributed by atoms with E-state index >= 15 is 0 Å². The highest BCUT2D eigenvalue weighted by Crippen LogP contribution is 2.44. The van der Waals surface area contributed by atoms with E-state index in [1.807, 2.05) is 66.7 Å². The first-order chi connectivity index (χ1) is 17.3. The predicted molar refractivity (Wildman–Crippen MR) is 128 cm³/mol. The van der Waals surface area contributed by atoms with Gasteiger partial charge in [0.25, 0.3) is 5.91 Å². The fourth-order valence-corrected chi connectivity index (χ4v) is 4.39. The molecule has 36 heavy (non-hydrogen) atoms. The predicted octanol–water partition coefficient (Wildman–Crippen LogP) is 3.83. The second kappa shape index (κ2) is 10.6. The van der Waals surface area contributed by atoms with Gasteiger partial charge in [0.2, 0.25) is 0 Å².